The number of esters is 2. The smallest absolute Gasteiger partial charge is 0.462 e. The maximum Gasteiger partial charge on any atom is 0.469 e. The lowest BCUT2D eigenvalue weighted by atomic mass is 10.1. The quantitative estimate of drug-likeness (QED) is 0.0284. The van der Waals surface area contributed by atoms with Gasteiger partial charge in [0.15, 0.2) is 6.10 Å². The Hall–Kier alpha value is -1.99. The highest BCUT2D eigenvalue weighted by Crippen LogP contribution is 2.36. The van der Waals surface area contributed by atoms with E-state index in [2.05, 4.69) is 54.8 Å². The average molecular weight is 725 g/mol. The lowest BCUT2D eigenvalue weighted by Crippen LogP contribution is -2.29. The molecule has 0 aromatic heterocycles. The summed E-state index contributed by atoms with van der Waals surface area (Å²) in [4.78, 5) is 42.7. The van der Waals surface area contributed by atoms with Crippen molar-refractivity contribution in [2.45, 2.75) is 187 Å². The summed E-state index contributed by atoms with van der Waals surface area (Å²) in [6.45, 7) is 3.60. The lowest BCUT2D eigenvalue weighted by molar-refractivity contribution is -0.161. The summed E-state index contributed by atoms with van der Waals surface area (Å²) >= 11 is 0. The topological polar surface area (TPSA) is 119 Å². The van der Waals surface area contributed by atoms with Crippen molar-refractivity contribution in [2.75, 3.05) is 13.2 Å². The number of unbranched alkanes of at least 4 members (excludes halogenated alkanes) is 18. The second-order valence-corrected chi connectivity index (χ2v) is 14.5. The third kappa shape index (κ3) is 38.8. The monoisotopic (exact) mass is 725 g/mol. The van der Waals surface area contributed by atoms with E-state index >= 15 is 0 Å². The summed E-state index contributed by atoms with van der Waals surface area (Å²) < 4.78 is 26.2. The molecule has 0 aliphatic rings. The van der Waals surface area contributed by atoms with Crippen molar-refractivity contribution in [1.82, 2.24) is 0 Å². The number of carbonyl (C=O) groups excluding carboxylic acids is 2. The minimum absolute atomic E-state index is 0.133. The summed E-state index contributed by atoms with van der Waals surface area (Å²) in [6, 6.07) is 0. The molecule has 0 spiro atoms. The van der Waals surface area contributed by atoms with Crippen molar-refractivity contribution in [3.05, 3.63) is 48.6 Å². The van der Waals surface area contributed by atoms with Gasteiger partial charge in [0.1, 0.15) is 6.61 Å². The summed E-state index contributed by atoms with van der Waals surface area (Å²) in [5.41, 5.74) is 0. The Morgan fingerprint density at radius 3 is 1.44 bits per heavy atom. The average Bonchev–Trinajstić information content (AvgIpc) is 3.08. The largest absolute Gasteiger partial charge is 0.469 e. The Morgan fingerprint density at radius 1 is 0.520 bits per heavy atom. The molecule has 0 aliphatic heterocycles. The van der Waals surface area contributed by atoms with Gasteiger partial charge >= 0.3 is 19.8 Å². The Balaban J connectivity index is 4.08. The van der Waals surface area contributed by atoms with Crippen LogP contribution in [0.25, 0.3) is 0 Å². The van der Waals surface area contributed by atoms with Gasteiger partial charge in [0.05, 0.1) is 6.61 Å². The second-order valence-electron chi connectivity index (χ2n) is 13.2. The number of phosphoric ester groups is 1. The van der Waals surface area contributed by atoms with Crippen molar-refractivity contribution in [1.29, 1.82) is 0 Å². The molecule has 0 radical (unpaired) electrons. The Morgan fingerprint density at radius 2 is 0.940 bits per heavy atom. The summed E-state index contributed by atoms with van der Waals surface area (Å²) in [7, 11) is -4.77. The van der Waals surface area contributed by atoms with Gasteiger partial charge in [-0.3, -0.25) is 14.1 Å². The fourth-order valence-corrected chi connectivity index (χ4v) is 5.71. The number of ether oxygens (including phenoxy) is 2. The van der Waals surface area contributed by atoms with Gasteiger partial charge in [-0.15, -0.1) is 0 Å². The number of phosphoric acid groups is 1. The standard InChI is InChI=1S/C41H73O8P/c1-3-5-7-9-11-13-15-17-19-20-22-24-26-28-30-32-34-36-41(43)49-39(38-48-50(44,45)46)37-47-40(42)35-33-31-29-27-25-23-21-18-16-14-12-10-8-6-4-2/h17,19,22,24,28-31,39H,3-16,18,20-21,23,25-27,32-38H2,1-2H3,(H2,44,45,46)/b19-17+,24-22+,30-28+,31-29+/t39-/m1/s1. The van der Waals surface area contributed by atoms with Crippen LogP contribution in [-0.2, 0) is 28.2 Å². The third-order valence-electron chi connectivity index (χ3n) is 8.33. The molecular formula is C41H73O8P. The van der Waals surface area contributed by atoms with Crippen LogP contribution < -0.4 is 0 Å². The van der Waals surface area contributed by atoms with Gasteiger partial charge < -0.3 is 19.3 Å². The number of carbonyl (C=O) groups is 2. The van der Waals surface area contributed by atoms with Crippen LogP contribution in [-0.4, -0.2) is 41.0 Å². The molecule has 8 nitrogen and oxygen atoms in total. The van der Waals surface area contributed by atoms with Crippen molar-refractivity contribution in [3.63, 3.8) is 0 Å². The number of allylic oxidation sites excluding steroid dienone is 8. The number of rotatable bonds is 36. The predicted molar refractivity (Wildman–Crippen MR) is 207 cm³/mol. The molecule has 0 aliphatic carbocycles. The zero-order valence-electron chi connectivity index (χ0n) is 31.8. The van der Waals surface area contributed by atoms with Crippen LogP contribution in [0.15, 0.2) is 48.6 Å². The molecule has 0 rings (SSSR count). The highest BCUT2D eigenvalue weighted by atomic mass is 31.2. The second kappa shape index (κ2) is 36.8. The van der Waals surface area contributed by atoms with Gasteiger partial charge in [-0.05, 0) is 57.8 Å². The molecule has 2 N–H and O–H groups in total. The van der Waals surface area contributed by atoms with Gasteiger partial charge in [0.2, 0.25) is 0 Å². The minimum atomic E-state index is -4.77. The molecule has 0 unspecified atom stereocenters. The third-order valence-corrected chi connectivity index (χ3v) is 8.82. The van der Waals surface area contributed by atoms with E-state index in [0.29, 0.717) is 19.3 Å². The molecule has 290 valence electrons. The molecule has 1 atom stereocenters. The van der Waals surface area contributed by atoms with Gasteiger partial charge in [-0.25, -0.2) is 4.57 Å². The Labute approximate surface area is 305 Å². The van der Waals surface area contributed by atoms with Crippen LogP contribution in [0, 0.1) is 0 Å². The first kappa shape index (κ1) is 48.0. The highest BCUT2D eigenvalue weighted by Gasteiger charge is 2.22. The van der Waals surface area contributed by atoms with E-state index < -0.39 is 32.5 Å². The first-order valence-corrected chi connectivity index (χ1v) is 21.5. The molecule has 0 saturated carbocycles. The van der Waals surface area contributed by atoms with Crippen LogP contribution in [0.4, 0.5) is 0 Å². The van der Waals surface area contributed by atoms with E-state index in [-0.39, 0.29) is 19.4 Å². The lowest BCUT2D eigenvalue weighted by Gasteiger charge is -2.18. The van der Waals surface area contributed by atoms with E-state index in [4.69, 9.17) is 19.3 Å². The van der Waals surface area contributed by atoms with Crippen LogP contribution in [0.2, 0.25) is 0 Å². The highest BCUT2D eigenvalue weighted by molar-refractivity contribution is 7.46. The molecule has 0 amide bonds. The molecule has 0 bridgehead atoms. The molecule has 0 heterocycles. The Bertz CT molecular complexity index is 952. The van der Waals surface area contributed by atoms with Crippen molar-refractivity contribution in [3.8, 4) is 0 Å². The van der Waals surface area contributed by atoms with Gasteiger partial charge in [0.25, 0.3) is 0 Å². The molecule has 0 aromatic rings. The fourth-order valence-electron chi connectivity index (χ4n) is 5.35. The van der Waals surface area contributed by atoms with Crippen LogP contribution in [0.5, 0.6) is 0 Å². The molecule has 9 heteroatoms. The molecule has 0 saturated heterocycles. The molecular weight excluding hydrogens is 651 g/mol. The van der Waals surface area contributed by atoms with Gasteiger partial charge in [0, 0.05) is 12.8 Å². The van der Waals surface area contributed by atoms with E-state index in [0.717, 1.165) is 32.1 Å². The number of hydrogen-bond acceptors (Lipinski definition) is 6. The summed E-state index contributed by atoms with van der Waals surface area (Å²) in [5.74, 6) is -1.00. The van der Waals surface area contributed by atoms with E-state index in [9.17, 15) is 14.2 Å². The summed E-state index contributed by atoms with van der Waals surface area (Å²) in [5, 5.41) is 0. The van der Waals surface area contributed by atoms with Crippen molar-refractivity contribution < 1.29 is 37.9 Å². The first-order chi connectivity index (χ1) is 24.3. The SMILES string of the molecule is CCCCCCCC/C=C/C/C=C/C/C=C/CCCC(=O)O[C@H](COC(=O)CC/C=C/CCCCCCCCCCCCC)COP(=O)(O)O. The maximum atomic E-state index is 12.3. The first-order valence-electron chi connectivity index (χ1n) is 19.9. The van der Waals surface area contributed by atoms with Crippen LogP contribution in [0.3, 0.4) is 0 Å². The van der Waals surface area contributed by atoms with E-state index in [1.165, 1.54) is 103 Å². The van der Waals surface area contributed by atoms with Gasteiger partial charge in [-0.2, -0.15) is 0 Å². The van der Waals surface area contributed by atoms with Crippen molar-refractivity contribution in [2.24, 2.45) is 0 Å². The normalized spacial score (nSPS) is 13.0. The zero-order chi connectivity index (χ0) is 36.8. The molecule has 50 heavy (non-hydrogen) atoms. The minimum Gasteiger partial charge on any atom is -0.462 e. The molecule has 0 aromatic carbocycles. The molecule has 0 fully saturated rings. The summed E-state index contributed by atoms with van der Waals surface area (Å²) in [6.07, 6.45) is 44.2. The van der Waals surface area contributed by atoms with E-state index in [1.54, 1.807) is 0 Å². The Kier molecular flexibility index (Phi) is 35.3. The maximum absolute atomic E-state index is 12.3. The fraction of sp³-hybridized carbons (Fsp3) is 0.756. The van der Waals surface area contributed by atoms with Crippen LogP contribution in [0.1, 0.15) is 181 Å². The zero-order valence-corrected chi connectivity index (χ0v) is 32.7. The predicted octanol–water partition coefficient (Wildman–Crippen LogP) is 12.0. The van der Waals surface area contributed by atoms with Crippen molar-refractivity contribution >= 4 is 19.8 Å². The van der Waals surface area contributed by atoms with Gasteiger partial charge in [-0.1, -0.05) is 159 Å². The van der Waals surface area contributed by atoms with Crippen LogP contribution >= 0.6 is 7.82 Å². The van der Waals surface area contributed by atoms with E-state index in [1.807, 2.05) is 12.2 Å². The number of hydrogen-bond donors (Lipinski definition) is 2.